The molecule has 0 bridgehead atoms. The summed E-state index contributed by atoms with van der Waals surface area (Å²) < 4.78 is 0. The monoisotopic (exact) mass is 364 g/mol. The number of hydrogen-bond donors (Lipinski definition) is 4. The lowest BCUT2D eigenvalue weighted by atomic mass is 10.1. The smallest absolute Gasteiger partial charge is 0.336 e. The Bertz CT molecular complexity index is 815. The van der Waals surface area contributed by atoms with Gasteiger partial charge in [-0.25, -0.2) is 19.2 Å². The van der Waals surface area contributed by atoms with Crippen LogP contribution in [0.15, 0.2) is 42.5 Å². The maximum atomic E-state index is 10.5. The number of aromatic carboxylic acids is 4. The molecule has 8 nitrogen and oxygen atoms in total. The van der Waals surface area contributed by atoms with Gasteiger partial charge in [0.2, 0.25) is 0 Å². The summed E-state index contributed by atoms with van der Waals surface area (Å²) in [6.07, 6.45) is 0. The Labute approximate surface area is 143 Å². The lowest BCUT2D eigenvalue weighted by Crippen LogP contribution is -2.11. The van der Waals surface area contributed by atoms with Crippen molar-refractivity contribution >= 4 is 38.4 Å². The third kappa shape index (κ3) is 5.71. The highest BCUT2D eigenvalue weighted by Crippen LogP contribution is 2.06. The van der Waals surface area contributed by atoms with Crippen LogP contribution in [0.25, 0.3) is 0 Å². The van der Waals surface area contributed by atoms with Gasteiger partial charge in [-0.1, -0.05) is 6.07 Å². The molecule has 0 aliphatic heterocycles. The van der Waals surface area contributed by atoms with Crippen LogP contribution >= 0.6 is 9.24 Å². The van der Waals surface area contributed by atoms with Gasteiger partial charge in [-0.2, -0.15) is 0 Å². The normalized spacial score (nSPS) is 9.48. The predicted molar refractivity (Wildman–Crippen MR) is 90.1 cm³/mol. The van der Waals surface area contributed by atoms with E-state index in [1.54, 1.807) is 0 Å². The molecular formula is C16H13O8P. The highest BCUT2D eigenvalue weighted by Gasteiger charge is 2.10. The van der Waals surface area contributed by atoms with Crippen molar-refractivity contribution in [2.75, 3.05) is 0 Å². The summed E-state index contributed by atoms with van der Waals surface area (Å²) >= 11 is 0. The van der Waals surface area contributed by atoms with Crippen LogP contribution in [0.5, 0.6) is 0 Å². The Morgan fingerprint density at radius 1 is 0.640 bits per heavy atom. The number of carbonyl (C=O) groups is 4. The molecule has 0 saturated heterocycles. The van der Waals surface area contributed by atoms with Gasteiger partial charge in [0.05, 0.1) is 22.3 Å². The summed E-state index contributed by atoms with van der Waals surface area (Å²) in [5, 5.41) is 34.6. The third-order valence-corrected chi connectivity index (χ3v) is 3.36. The van der Waals surface area contributed by atoms with Gasteiger partial charge in [0.1, 0.15) is 0 Å². The summed E-state index contributed by atoms with van der Waals surface area (Å²) in [6, 6.07) is 9.03. The Balaban J connectivity index is 0.000000251. The predicted octanol–water partition coefficient (Wildman–Crippen LogP) is 1.67. The molecule has 9 heteroatoms. The van der Waals surface area contributed by atoms with Crippen LogP contribution in [0.3, 0.4) is 0 Å². The SMILES string of the molecule is O=C(O)c1ccc(C(=O)O)c(P)c1.O=C(O)c1cccc(C(=O)O)c1. The van der Waals surface area contributed by atoms with Crippen molar-refractivity contribution in [3.05, 3.63) is 64.7 Å². The van der Waals surface area contributed by atoms with E-state index in [-0.39, 0.29) is 22.3 Å². The van der Waals surface area contributed by atoms with E-state index in [9.17, 15) is 19.2 Å². The summed E-state index contributed by atoms with van der Waals surface area (Å²) in [5.74, 6) is -4.39. The minimum absolute atomic E-state index is 0.0186. The van der Waals surface area contributed by atoms with Gasteiger partial charge in [-0.3, -0.25) is 0 Å². The minimum Gasteiger partial charge on any atom is -0.478 e. The molecule has 2 rings (SSSR count). The Hall–Kier alpha value is -3.25. The Morgan fingerprint density at radius 3 is 1.44 bits per heavy atom. The number of carboxylic acids is 4. The average Bonchev–Trinajstić information content (AvgIpc) is 2.55. The molecule has 2 aromatic carbocycles. The van der Waals surface area contributed by atoms with Crippen LogP contribution in [0, 0.1) is 0 Å². The second-order valence-corrected chi connectivity index (χ2v) is 5.23. The largest absolute Gasteiger partial charge is 0.478 e. The lowest BCUT2D eigenvalue weighted by molar-refractivity contribution is 0.0682. The van der Waals surface area contributed by atoms with E-state index in [0.717, 1.165) is 6.07 Å². The third-order valence-electron chi connectivity index (χ3n) is 2.89. The number of carboxylic acid groups (broad SMARTS) is 4. The Kier molecular flexibility index (Phi) is 6.78. The van der Waals surface area contributed by atoms with Gasteiger partial charge in [-0.15, -0.1) is 9.24 Å². The highest BCUT2D eigenvalue weighted by molar-refractivity contribution is 7.27. The average molecular weight is 364 g/mol. The molecule has 0 amide bonds. The minimum atomic E-state index is -1.13. The maximum Gasteiger partial charge on any atom is 0.336 e. The summed E-state index contributed by atoms with van der Waals surface area (Å²) in [6.45, 7) is 0. The van der Waals surface area contributed by atoms with Crippen LogP contribution in [0.2, 0.25) is 0 Å². The highest BCUT2D eigenvalue weighted by atomic mass is 31.0. The van der Waals surface area contributed by atoms with Gasteiger partial charge in [0.15, 0.2) is 0 Å². The zero-order chi connectivity index (χ0) is 19.1. The Morgan fingerprint density at radius 2 is 1.08 bits per heavy atom. The molecule has 0 aliphatic rings. The molecular weight excluding hydrogens is 351 g/mol. The zero-order valence-corrected chi connectivity index (χ0v) is 13.7. The second-order valence-electron chi connectivity index (χ2n) is 4.60. The van der Waals surface area contributed by atoms with Gasteiger partial charge < -0.3 is 20.4 Å². The molecule has 0 aromatic heterocycles. The first-order valence-electron chi connectivity index (χ1n) is 6.56. The fraction of sp³-hybridized carbons (Fsp3) is 0. The van der Waals surface area contributed by atoms with E-state index in [1.165, 1.54) is 36.4 Å². The van der Waals surface area contributed by atoms with E-state index >= 15 is 0 Å². The second kappa shape index (κ2) is 8.56. The van der Waals surface area contributed by atoms with E-state index in [1.807, 2.05) is 0 Å². The molecule has 25 heavy (non-hydrogen) atoms. The van der Waals surface area contributed by atoms with Crippen LogP contribution in [0.1, 0.15) is 41.4 Å². The van der Waals surface area contributed by atoms with Crippen molar-refractivity contribution in [2.45, 2.75) is 0 Å². The number of rotatable bonds is 4. The van der Waals surface area contributed by atoms with E-state index in [2.05, 4.69) is 9.24 Å². The lowest BCUT2D eigenvalue weighted by Gasteiger charge is -2.00. The maximum absolute atomic E-state index is 10.5. The first kappa shape index (κ1) is 19.8. The molecule has 1 atom stereocenters. The van der Waals surface area contributed by atoms with Crippen LogP contribution in [-0.2, 0) is 0 Å². The van der Waals surface area contributed by atoms with Crippen molar-refractivity contribution < 1.29 is 39.6 Å². The molecule has 130 valence electrons. The van der Waals surface area contributed by atoms with Crippen molar-refractivity contribution in [3.8, 4) is 0 Å². The zero-order valence-electron chi connectivity index (χ0n) is 12.5. The number of benzene rings is 2. The van der Waals surface area contributed by atoms with E-state index in [4.69, 9.17) is 20.4 Å². The molecule has 4 N–H and O–H groups in total. The molecule has 0 spiro atoms. The molecule has 0 aliphatic carbocycles. The topological polar surface area (TPSA) is 149 Å². The van der Waals surface area contributed by atoms with E-state index in [0.29, 0.717) is 5.30 Å². The van der Waals surface area contributed by atoms with Crippen LogP contribution in [0.4, 0.5) is 0 Å². The van der Waals surface area contributed by atoms with Crippen molar-refractivity contribution in [1.82, 2.24) is 0 Å². The molecule has 0 saturated carbocycles. The van der Waals surface area contributed by atoms with Crippen molar-refractivity contribution in [1.29, 1.82) is 0 Å². The van der Waals surface area contributed by atoms with Gasteiger partial charge in [0.25, 0.3) is 0 Å². The van der Waals surface area contributed by atoms with Crippen LogP contribution in [-0.4, -0.2) is 44.3 Å². The van der Waals surface area contributed by atoms with Crippen molar-refractivity contribution in [3.63, 3.8) is 0 Å². The summed E-state index contributed by atoms with van der Waals surface area (Å²) in [4.78, 5) is 41.8. The molecule has 0 radical (unpaired) electrons. The summed E-state index contributed by atoms with van der Waals surface area (Å²) in [7, 11) is 2.19. The van der Waals surface area contributed by atoms with Gasteiger partial charge in [0, 0.05) is 0 Å². The van der Waals surface area contributed by atoms with Crippen molar-refractivity contribution in [2.24, 2.45) is 0 Å². The quantitative estimate of drug-likeness (QED) is 0.599. The van der Waals surface area contributed by atoms with E-state index < -0.39 is 23.9 Å². The first-order chi connectivity index (χ1) is 11.6. The van der Waals surface area contributed by atoms with Gasteiger partial charge in [-0.05, 0) is 41.7 Å². The first-order valence-corrected chi connectivity index (χ1v) is 7.14. The fourth-order valence-corrected chi connectivity index (χ4v) is 2.08. The number of hydrogen-bond acceptors (Lipinski definition) is 4. The molecule has 0 heterocycles. The standard InChI is InChI=1S/C8H7O4P.C8H6O4/c9-7(10)4-1-2-5(8(11)12)6(13)3-4;9-7(10)5-2-1-3-6(4-5)8(11)12/h1-3H,13H2,(H,9,10)(H,11,12);1-4H,(H,9,10)(H,11,12). The molecule has 1 unspecified atom stereocenters. The van der Waals surface area contributed by atoms with Crippen LogP contribution < -0.4 is 5.30 Å². The molecule has 0 fully saturated rings. The molecule has 2 aromatic rings. The fourth-order valence-electron chi connectivity index (χ4n) is 1.68. The van der Waals surface area contributed by atoms with Gasteiger partial charge >= 0.3 is 23.9 Å². The summed E-state index contributed by atoms with van der Waals surface area (Å²) in [5.41, 5.74) is 0.134.